The summed E-state index contributed by atoms with van der Waals surface area (Å²) < 4.78 is 0. The molecule has 0 saturated carbocycles. The summed E-state index contributed by atoms with van der Waals surface area (Å²) in [6.45, 7) is 0. The first-order chi connectivity index (χ1) is 17.3. The summed E-state index contributed by atoms with van der Waals surface area (Å²) in [7, 11) is 1.49. The van der Waals surface area contributed by atoms with E-state index in [1.807, 2.05) is 54.6 Å². The van der Waals surface area contributed by atoms with E-state index in [2.05, 4.69) is 15.3 Å². The molecule has 0 spiro atoms. The van der Waals surface area contributed by atoms with Crippen LogP contribution in [0.2, 0.25) is 5.15 Å². The predicted octanol–water partition coefficient (Wildman–Crippen LogP) is 3.71. The fraction of sp³-hybridized carbons (Fsp3) is 0.185. The quantitative estimate of drug-likeness (QED) is 0.300. The van der Waals surface area contributed by atoms with Crippen LogP contribution >= 0.6 is 11.6 Å². The second-order valence-corrected chi connectivity index (χ2v) is 8.82. The molecule has 2 aromatic carbocycles. The molecule has 0 radical (unpaired) electrons. The van der Waals surface area contributed by atoms with Crippen LogP contribution in [0, 0.1) is 0 Å². The van der Waals surface area contributed by atoms with E-state index in [0.717, 1.165) is 22.0 Å². The number of carbonyl (C=O) groups excluding carboxylic acids is 2. The average molecular weight is 505 g/mol. The molecule has 3 N–H and O–H groups in total. The van der Waals surface area contributed by atoms with E-state index in [0.29, 0.717) is 0 Å². The third kappa shape index (κ3) is 5.72. The number of aliphatic carboxylic acids is 1. The van der Waals surface area contributed by atoms with Gasteiger partial charge in [-0.25, -0.2) is 9.78 Å². The largest absolute Gasteiger partial charge is 0.480 e. The van der Waals surface area contributed by atoms with Crippen LogP contribution in [0.15, 0.2) is 79.0 Å². The third-order valence-corrected chi connectivity index (χ3v) is 6.22. The Morgan fingerprint density at radius 1 is 1.00 bits per heavy atom. The van der Waals surface area contributed by atoms with Gasteiger partial charge in [0.25, 0.3) is 5.91 Å². The minimum atomic E-state index is -1.19. The maximum atomic E-state index is 13.5. The van der Waals surface area contributed by atoms with E-state index >= 15 is 0 Å². The topological polar surface area (TPSA) is 115 Å². The molecular formula is C27H25ClN4O4. The number of para-hydroxylation sites is 1. The summed E-state index contributed by atoms with van der Waals surface area (Å²) in [5.74, 6) is -2.25. The van der Waals surface area contributed by atoms with Crippen LogP contribution in [-0.2, 0) is 22.4 Å². The minimum Gasteiger partial charge on any atom is -0.480 e. The number of benzene rings is 2. The molecule has 4 rings (SSSR count). The first kappa shape index (κ1) is 24.9. The fourth-order valence-electron chi connectivity index (χ4n) is 4.08. The maximum Gasteiger partial charge on any atom is 0.326 e. The van der Waals surface area contributed by atoms with Gasteiger partial charge in [0.1, 0.15) is 22.9 Å². The molecular weight excluding hydrogens is 480 g/mol. The second kappa shape index (κ2) is 11.0. The second-order valence-electron chi connectivity index (χ2n) is 8.43. The van der Waals surface area contributed by atoms with E-state index in [4.69, 9.17) is 11.6 Å². The summed E-state index contributed by atoms with van der Waals surface area (Å²) in [6, 6.07) is 19.2. The Bertz CT molecular complexity index is 1390. The van der Waals surface area contributed by atoms with E-state index in [1.165, 1.54) is 18.0 Å². The van der Waals surface area contributed by atoms with E-state index in [-0.39, 0.29) is 23.7 Å². The van der Waals surface area contributed by atoms with Crippen molar-refractivity contribution < 1.29 is 19.5 Å². The van der Waals surface area contributed by atoms with Crippen molar-refractivity contribution in [2.75, 3.05) is 7.05 Å². The van der Waals surface area contributed by atoms with Crippen molar-refractivity contribution in [2.45, 2.75) is 24.9 Å². The van der Waals surface area contributed by atoms with E-state index in [9.17, 15) is 19.5 Å². The lowest BCUT2D eigenvalue weighted by molar-refractivity contribution is -0.142. The van der Waals surface area contributed by atoms with Crippen LogP contribution in [0.5, 0.6) is 0 Å². The number of pyridine rings is 1. The number of aromatic amines is 1. The van der Waals surface area contributed by atoms with Gasteiger partial charge in [-0.1, -0.05) is 66.2 Å². The Kier molecular flexibility index (Phi) is 7.65. The van der Waals surface area contributed by atoms with Crippen LogP contribution in [-0.4, -0.2) is 56.9 Å². The molecule has 0 bridgehead atoms. The Balaban J connectivity index is 1.59. The lowest BCUT2D eigenvalue weighted by atomic mass is 10.0. The Morgan fingerprint density at radius 3 is 2.44 bits per heavy atom. The Morgan fingerprint density at radius 2 is 1.72 bits per heavy atom. The molecule has 0 saturated heterocycles. The molecule has 0 aliphatic carbocycles. The molecule has 0 unspecified atom stereocenters. The van der Waals surface area contributed by atoms with Gasteiger partial charge < -0.3 is 20.3 Å². The number of nitrogens with one attached hydrogen (secondary N) is 2. The van der Waals surface area contributed by atoms with Crippen LogP contribution in [0.25, 0.3) is 10.9 Å². The first-order valence-corrected chi connectivity index (χ1v) is 11.7. The number of carbonyl (C=O) groups is 3. The highest BCUT2D eigenvalue weighted by Gasteiger charge is 2.32. The Hall–Kier alpha value is -4.17. The number of carboxylic acids is 1. The number of nitrogens with zero attached hydrogens (tertiary/aromatic N) is 2. The minimum absolute atomic E-state index is 0.0800. The van der Waals surface area contributed by atoms with Crippen LogP contribution in [0.3, 0.4) is 0 Å². The van der Waals surface area contributed by atoms with Gasteiger partial charge in [0.05, 0.1) is 0 Å². The highest BCUT2D eigenvalue weighted by Crippen LogP contribution is 2.20. The van der Waals surface area contributed by atoms with Crippen molar-refractivity contribution in [3.63, 3.8) is 0 Å². The fourth-order valence-corrected chi connectivity index (χ4v) is 4.24. The average Bonchev–Trinajstić information content (AvgIpc) is 3.29. The highest BCUT2D eigenvalue weighted by atomic mass is 35.5. The van der Waals surface area contributed by atoms with Crippen molar-refractivity contribution >= 4 is 40.3 Å². The van der Waals surface area contributed by atoms with Gasteiger partial charge >= 0.3 is 5.97 Å². The van der Waals surface area contributed by atoms with Gasteiger partial charge in [0.15, 0.2) is 0 Å². The van der Waals surface area contributed by atoms with Crippen LogP contribution in [0.1, 0.15) is 21.6 Å². The molecule has 184 valence electrons. The number of carboxylic acid groups (broad SMARTS) is 1. The molecule has 0 aliphatic rings. The molecule has 2 heterocycles. The number of hydrogen-bond donors (Lipinski definition) is 3. The monoisotopic (exact) mass is 504 g/mol. The van der Waals surface area contributed by atoms with E-state index in [1.54, 1.807) is 18.3 Å². The van der Waals surface area contributed by atoms with E-state index < -0.39 is 29.9 Å². The summed E-state index contributed by atoms with van der Waals surface area (Å²) in [5, 5.41) is 13.6. The zero-order valence-corrected chi connectivity index (χ0v) is 20.3. The molecule has 9 heteroatoms. The van der Waals surface area contributed by atoms with Crippen molar-refractivity contribution in [1.29, 1.82) is 0 Å². The lowest BCUT2D eigenvalue weighted by Gasteiger charge is -2.28. The zero-order valence-electron chi connectivity index (χ0n) is 19.5. The molecule has 0 aliphatic heterocycles. The lowest BCUT2D eigenvalue weighted by Crippen LogP contribution is -2.53. The van der Waals surface area contributed by atoms with Crippen molar-refractivity contribution in [1.82, 2.24) is 20.2 Å². The molecule has 2 aromatic heterocycles. The van der Waals surface area contributed by atoms with Crippen molar-refractivity contribution in [3.05, 3.63) is 101 Å². The molecule has 0 fully saturated rings. The molecule has 4 aromatic rings. The van der Waals surface area contributed by atoms with Gasteiger partial charge in [-0.2, -0.15) is 0 Å². The molecule has 2 atom stereocenters. The van der Waals surface area contributed by atoms with Crippen molar-refractivity contribution in [2.24, 2.45) is 0 Å². The number of amides is 2. The molecule has 2 amide bonds. The molecule has 36 heavy (non-hydrogen) atoms. The highest BCUT2D eigenvalue weighted by molar-refractivity contribution is 6.29. The van der Waals surface area contributed by atoms with Crippen molar-refractivity contribution in [3.8, 4) is 0 Å². The normalized spacial score (nSPS) is 12.6. The van der Waals surface area contributed by atoms with Crippen LogP contribution < -0.4 is 5.32 Å². The summed E-state index contributed by atoms with van der Waals surface area (Å²) in [5.41, 5.74) is 2.55. The predicted molar refractivity (Wildman–Crippen MR) is 137 cm³/mol. The standard InChI is InChI=1S/C27H25ClN4O4/c1-32(26(34)21-12-7-13-24(28)30-21)23(14-17-8-3-2-4-9-17)25(33)31-22(27(35)36)15-18-16-29-20-11-6-5-10-19(18)20/h2-13,16,22-23,29H,14-15H2,1H3,(H,31,33)(H,35,36)/t22-,23+/m0/s1. The summed E-state index contributed by atoms with van der Waals surface area (Å²) in [6.07, 6.45) is 2.01. The number of rotatable bonds is 9. The number of hydrogen-bond acceptors (Lipinski definition) is 4. The SMILES string of the molecule is CN(C(=O)c1cccc(Cl)n1)[C@H](Cc1ccccc1)C(=O)N[C@@H](Cc1c[nH]c2ccccc12)C(=O)O. The summed E-state index contributed by atoms with van der Waals surface area (Å²) >= 11 is 5.95. The number of halogens is 1. The zero-order chi connectivity index (χ0) is 25.7. The van der Waals surface area contributed by atoms with Gasteiger partial charge in [0, 0.05) is 37.0 Å². The van der Waals surface area contributed by atoms with Gasteiger partial charge in [-0.3, -0.25) is 9.59 Å². The number of aromatic nitrogens is 2. The first-order valence-electron chi connectivity index (χ1n) is 11.4. The number of H-pyrrole nitrogens is 1. The summed E-state index contributed by atoms with van der Waals surface area (Å²) in [4.78, 5) is 47.2. The van der Waals surface area contributed by atoms with Crippen LogP contribution in [0.4, 0.5) is 0 Å². The van der Waals surface area contributed by atoms with Gasteiger partial charge in [-0.05, 0) is 29.3 Å². The van der Waals surface area contributed by atoms with Gasteiger partial charge in [0.2, 0.25) is 5.91 Å². The van der Waals surface area contributed by atoms with Gasteiger partial charge in [-0.15, -0.1) is 0 Å². The maximum absolute atomic E-state index is 13.5. The Labute approximate surface area is 212 Å². The third-order valence-electron chi connectivity index (χ3n) is 6.01. The smallest absolute Gasteiger partial charge is 0.326 e. The molecule has 8 nitrogen and oxygen atoms in total. The number of likely N-dealkylation sites (N-methyl/N-ethyl adjacent to an activating group) is 1. The number of fused-ring (bicyclic) bond motifs is 1.